The molecule has 0 bridgehead atoms. The van der Waals surface area contributed by atoms with E-state index in [1.165, 1.54) is 0 Å². The van der Waals surface area contributed by atoms with Crippen molar-refractivity contribution in [2.24, 2.45) is 5.41 Å². The summed E-state index contributed by atoms with van der Waals surface area (Å²) in [6.45, 7) is 7.82. The molecular weight excluding hydrogens is 417 g/mol. The van der Waals surface area contributed by atoms with Crippen LogP contribution in [0.15, 0.2) is 24.3 Å². The molecule has 1 aromatic carbocycles. The Kier molecular flexibility index (Phi) is 6.62. The summed E-state index contributed by atoms with van der Waals surface area (Å²) in [4.78, 5) is 26.3. The number of nitrogens with one attached hydrogen (secondary N) is 2. The number of amides is 2. The second-order valence-electron chi connectivity index (χ2n) is 7.33. The summed E-state index contributed by atoms with van der Waals surface area (Å²) < 4.78 is 1.10. The van der Waals surface area contributed by atoms with Crippen LogP contribution >= 0.6 is 22.6 Å². The topological polar surface area (TPSA) is 61.4 Å². The highest BCUT2D eigenvalue weighted by molar-refractivity contribution is 14.1. The zero-order valence-corrected chi connectivity index (χ0v) is 16.7. The Hall–Kier alpha value is -1.15. The number of halogens is 1. The number of likely N-dealkylation sites (tertiary alicyclic amines) is 1. The molecule has 6 heteroatoms. The van der Waals surface area contributed by atoms with Crippen LogP contribution in [0.2, 0.25) is 0 Å². The number of rotatable bonds is 4. The quantitative estimate of drug-likeness (QED) is 0.704. The number of carbonyl (C=O) groups is 2. The summed E-state index contributed by atoms with van der Waals surface area (Å²) in [5, 5.41) is 6.05. The van der Waals surface area contributed by atoms with Gasteiger partial charge in [-0.15, -0.1) is 0 Å². The fraction of sp³-hybridized carbons (Fsp3) is 0.556. The molecule has 0 aromatic heterocycles. The highest BCUT2D eigenvalue weighted by atomic mass is 127. The molecule has 1 heterocycles. The molecule has 1 fully saturated rings. The van der Waals surface area contributed by atoms with Crippen molar-refractivity contribution in [1.29, 1.82) is 0 Å². The van der Waals surface area contributed by atoms with Gasteiger partial charge in [0.05, 0.1) is 6.54 Å². The number of carbonyl (C=O) groups excluding carboxylic acids is 2. The predicted octanol–water partition coefficient (Wildman–Crippen LogP) is 2.86. The monoisotopic (exact) mass is 443 g/mol. The molecule has 1 aliphatic heterocycles. The molecular formula is C18H26IN3O2. The Labute approximate surface area is 157 Å². The van der Waals surface area contributed by atoms with Crippen LogP contribution < -0.4 is 10.6 Å². The fourth-order valence-electron chi connectivity index (χ4n) is 2.61. The SMILES string of the molecule is CC(C)(C)C(=O)NC1CCN(CC(=O)Nc2cccc(I)c2)CC1. The summed E-state index contributed by atoms with van der Waals surface area (Å²) in [5.41, 5.74) is 0.476. The van der Waals surface area contributed by atoms with Crippen LogP contribution in [-0.4, -0.2) is 42.4 Å². The molecule has 1 aromatic rings. The average Bonchev–Trinajstić information content (AvgIpc) is 2.48. The molecule has 5 nitrogen and oxygen atoms in total. The van der Waals surface area contributed by atoms with E-state index in [1.807, 2.05) is 45.0 Å². The van der Waals surface area contributed by atoms with E-state index < -0.39 is 0 Å². The molecule has 0 aliphatic carbocycles. The van der Waals surface area contributed by atoms with E-state index in [1.54, 1.807) is 0 Å². The summed E-state index contributed by atoms with van der Waals surface area (Å²) in [7, 11) is 0. The van der Waals surface area contributed by atoms with Gasteiger partial charge < -0.3 is 10.6 Å². The minimum absolute atomic E-state index is 0.00850. The van der Waals surface area contributed by atoms with E-state index in [2.05, 4.69) is 38.1 Å². The van der Waals surface area contributed by atoms with Crippen molar-refractivity contribution in [1.82, 2.24) is 10.2 Å². The van der Waals surface area contributed by atoms with Crippen LogP contribution in [0.3, 0.4) is 0 Å². The zero-order valence-electron chi connectivity index (χ0n) is 14.6. The van der Waals surface area contributed by atoms with Gasteiger partial charge in [0.2, 0.25) is 11.8 Å². The lowest BCUT2D eigenvalue weighted by Gasteiger charge is -2.33. The van der Waals surface area contributed by atoms with E-state index in [4.69, 9.17) is 0 Å². The number of nitrogens with zero attached hydrogens (tertiary/aromatic N) is 1. The van der Waals surface area contributed by atoms with Gasteiger partial charge in [0.15, 0.2) is 0 Å². The molecule has 2 amide bonds. The van der Waals surface area contributed by atoms with Gasteiger partial charge in [-0.1, -0.05) is 26.8 Å². The van der Waals surface area contributed by atoms with Gasteiger partial charge >= 0.3 is 0 Å². The van der Waals surface area contributed by atoms with Gasteiger partial charge in [-0.2, -0.15) is 0 Å². The molecule has 0 radical (unpaired) electrons. The van der Waals surface area contributed by atoms with Gasteiger partial charge in [0, 0.05) is 33.8 Å². The smallest absolute Gasteiger partial charge is 0.238 e. The van der Waals surface area contributed by atoms with Crippen molar-refractivity contribution in [3.05, 3.63) is 27.8 Å². The Morgan fingerprint density at radius 3 is 2.50 bits per heavy atom. The molecule has 0 unspecified atom stereocenters. The van der Waals surface area contributed by atoms with E-state index in [0.29, 0.717) is 6.54 Å². The van der Waals surface area contributed by atoms with Crippen LogP contribution in [0.25, 0.3) is 0 Å². The summed E-state index contributed by atoms with van der Waals surface area (Å²) in [6.07, 6.45) is 1.77. The van der Waals surface area contributed by atoms with Crippen molar-refractivity contribution < 1.29 is 9.59 Å². The maximum atomic E-state index is 12.2. The van der Waals surface area contributed by atoms with Crippen LogP contribution in [0.4, 0.5) is 5.69 Å². The Morgan fingerprint density at radius 2 is 1.92 bits per heavy atom. The number of anilines is 1. The molecule has 2 N–H and O–H groups in total. The lowest BCUT2D eigenvalue weighted by Crippen LogP contribution is -2.48. The standard InChI is InChI=1S/C18H26IN3O2/c1-18(2,3)17(24)21-14-7-9-22(10-8-14)12-16(23)20-15-6-4-5-13(19)11-15/h4-6,11,14H,7-10,12H2,1-3H3,(H,20,23)(H,21,24). The number of hydrogen-bond acceptors (Lipinski definition) is 3. The third-order valence-electron chi connectivity index (χ3n) is 4.08. The first-order chi connectivity index (χ1) is 11.2. The molecule has 0 spiro atoms. The molecule has 0 atom stereocenters. The second kappa shape index (κ2) is 8.29. The summed E-state index contributed by atoms with van der Waals surface area (Å²) in [5.74, 6) is 0.103. The summed E-state index contributed by atoms with van der Waals surface area (Å²) in [6, 6.07) is 7.99. The highest BCUT2D eigenvalue weighted by Gasteiger charge is 2.27. The predicted molar refractivity (Wildman–Crippen MR) is 105 cm³/mol. The maximum Gasteiger partial charge on any atom is 0.238 e. The van der Waals surface area contributed by atoms with Crippen molar-refractivity contribution in [3.8, 4) is 0 Å². The molecule has 132 valence electrons. The molecule has 1 saturated heterocycles. The van der Waals surface area contributed by atoms with Crippen LogP contribution in [-0.2, 0) is 9.59 Å². The number of piperidine rings is 1. The Balaban J connectivity index is 1.74. The minimum Gasteiger partial charge on any atom is -0.353 e. The molecule has 2 rings (SSSR count). The summed E-state index contributed by atoms with van der Waals surface area (Å²) >= 11 is 2.23. The van der Waals surface area contributed by atoms with E-state index in [9.17, 15) is 9.59 Å². The van der Waals surface area contributed by atoms with Gasteiger partial charge in [-0.3, -0.25) is 14.5 Å². The third-order valence-corrected chi connectivity index (χ3v) is 4.75. The Morgan fingerprint density at radius 1 is 1.25 bits per heavy atom. The van der Waals surface area contributed by atoms with Gasteiger partial charge in [-0.25, -0.2) is 0 Å². The normalized spacial score (nSPS) is 16.7. The number of benzene rings is 1. The van der Waals surface area contributed by atoms with Crippen LogP contribution in [0.5, 0.6) is 0 Å². The second-order valence-corrected chi connectivity index (χ2v) is 8.58. The highest BCUT2D eigenvalue weighted by Crippen LogP contribution is 2.17. The Bertz CT molecular complexity index is 590. The first-order valence-electron chi connectivity index (χ1n) is 8.33. The third kappa shape index (κ3) is 6.05. The van der Waals surface area contributed by atoms with Crippen molar-refractivity contribution in [3.63, 3.8) is 0 Å². The van der Waals surface area contributed by atoms with E-state index in [0.717, 1.165) is 35.2 Å². The van der Waals surface area contributed by atoms with Crippen molar-refractivity contribution in [2.75, 3.05) is 25.0 Å². The first-order valence-corrected chi connectivity index (χ1v) is 9.40. The van der Waals surface area contributed by atoms with E-state index in [-0.39, 0.29) is 23.3 Å². The maximum absolute atomic E-state index is 12.2. The van der Waals surface area contributed by atoms with Crippen LogP contribution in [0.1, 0.15) is 33.6 Å². The minimum atomic E-state index is -0.357. The van der Waals surface area contributed by atoms with Gasteiger partial charge in [0.1, 0.15) is 0 Å². The van der Waals surface area contributed by atoms with Gasteiger partial charge in [-0.05, 0) is 53.6 Å². The largest absolute Gasteiger partial charge is 0.353 e. The number of hydrogen-bond donors (Lipinski definition) is 2. The lowest BCUT2D eigenvalue weighted by atomic mass is 9.94. The molecule has 24 heavy (non-hydrogen) atoms. The lowest BCUT2D eigenvalue weighted by molar-refractivity contribution is -0.129. The molecule has 1 aliphatic rings. The fourth-order valence-corrected chi connectivity index (χ4v) is 3.15. The first kappa shape index (κ1) is 19.2. The zero-order chi connectivity index (χ0) is 17.7. The average molecular weight is 443 g/mol. The van der Waals surface area contributed by atoms with Crippen molar-refractivity contribution in [2.45, 2.75) is 39.7 Å². The van der Waals surface area contributed by atoms with Crippen molar-refractivity contribution >= 4 is 40.1 Å². The van der Waals surface area contributed by atoms with Gasteiger partial charge in [0.25, 0.3) is 0 Å². The van der Waals surface area contributed by atoms with E-state index >= 15 is 0 Å². The van der Waals surface area contributed by atoms with Crippen LogP contribution in [0, 0.1) is 8.99 Å². The molecule has 0 saturated carbocycles.